The predicted molar refractivity (Wildman–Crippen MR) is 85.9 cm³/mol. The van der Waals surface area contributed by atoms with Crippen LogP contribution < -0.4 is 5.32 Å². The van der Waals surface area contributed by atoms with Gasteiger partial charge in [-0.25, -0.2) is 9.97 Å². The van der Waals surface area contributed by atoms with E-state index >= 15 is 0 Å². The summed E-state index contributed by atoms with van der Waals surface area (Å²) in [6.45, 7) is 4.01. The molecule has 0 saturated heterocycles. The Hall–Kier alpha value is -0.740. The second-order valence-electron chi connectivity index (χ2n) is 4.45. The van der Waals surface area contributed by atoms with E-state index in [1.165, 1.54) is 6.33 Å². The van der Waals surface area contributed by atoms with Gasteiger partial charge < -0.3 is 5.32 Å². The van der Waals surface area contributed by atoms with Gasteiger partial charge in [0, 0.05) is 5.56 Å². The molecule has 3 nitrogen and oxygen atoms in total. The van der Waals surface area contributed by atoms with E-state index in [1.54, 1.807) is 12.1 Å². The van der Waals surface area contributed by atoms with Gasteiger partial charge in [-0.3, -0.25) is 0 Å². The molecule has 0 atom stereocenters. The molecular formula is C13H11Cl4N3. The van der Waals surface area contributed by atoms with Gasteiger partial charge in [0.15, 0.2) is 0 Å². The summed E-state index contributed by atoms with van der Waals surface area (Å²) in [5, 5.41) is 4.78. The Morgan fingerprint density at radius 3 is 2.25 bits per heavy atom. The van der Waals surface area contributed by atoms with Crippen LogP contribution in [0.4, 0.5) is 11.5 Å². The first-order valence-corrected chi connectivity index (χ1v) is 7.33. The normalized spacial score (nSPS) is 10.9. The molecule has 0 radical (unpaired) electrons. The summed E-state index contributed by atoms with van der Waals surface area (Å²) in [6, 6.07) is 3.22. The molecule has 1 aromatic carbocycles. The molecular weight excluding hydrogens is 340 g/mol. The molecule has 0 amide bonds. The topological polar surface area (TPSA) is 37.8 Å². The fraction of sp³-hybridized carbons (Fsp3) is 0.231. The third-order valence-corrected chi connectivity index (χ3v) is 4.01. The Labute approximate surface area is 137 Å². The molecule has 1 heterocycles. The maximum absolute atomic E-state index is 6.14. The number of rotatable bonds is 3. The van der Waals surface area contributed by atoms with E-state index in [1.807, 2.05) is 13.8 Å². The monoisotopic (exact) mass is 349 g/mol. The van der Waals surface area contributed by atoms with Gasteiger partial charge >= 0.3 is 0 Å². The largest absolute Gasteiger partial charge is 0.339 e. The lowest BCUT2D eigenvalue weighted by molar-refractivity contribution is 0.850. The molecule has 20 heavy (non-hydrogen) atoms. The predicted octanol–water partition coefficient (Wildman–Crippen LogP) is 5.96. The summed E-state index contributed by atoms with van der Waals surface area (Å²) < 4.78 is 0. The van der Waals surface area contributed by atoms with Crippen molar-refractivity contribution in [1.82, 2.24) is 9.97 Å². The number of hydrogen-bond acceptors (Lipinski definition) is 3. The Morgan fingerprint density at radius 1 is 0.950 bits per heavy atom. The highest BCUT2D eigenvalue weighted by Crippen LogP contribution is 2.36. The van der Waals surface area contributed by atoms with Crippen LogP contribution in [0.1, 0.15) is 25.3 Å². The van der Waals surface area contributed by atoms with Crippen LogP contribution in [0.15, 0.2) is 18.5 Å². The fourth-order valence-corrected chi connectivity index (χ4v) is 2.68. The highest BCUT2D eigenvalue weighted by atomic mass is 35.5. The number of nitrogens with one attached hydrogen (secondary N) is 1. The minimum Gasteiger partial charge on any atom is -0.339 e. The molecule has 0 saturated carbocycles. The molecule has 2 rings (SSSR count). The molecule has 0 unspecified atom stereocenters. The zero-order chi connectivity index (χ0) is 14.9. The SMILES string of the molecule is CC(C)c1c(Cl)ncnc1Nc1cc(Cl)c(Cl)cc1Cl. The molecule has 106 valence electrons. The summed E-state index contributed by atoms with van der Waals surface area (Å²) in [4.78, 5) is 8.20. The van der Waals surface area contributed by atoms with Crippen LogP contribution in [0, 0.1) is 0 Å². The number of hydrogen-bond donors (Lipinski definition) is 1. The molecule has 1 aromatic heterocycles. The Bertz CT molecular complexity index is 644. The van der Waals surface area contributed by atoms with Crippen molar-refractivity contribution in [2.24, 2.45) is 0 Å². The lowest BCUT2D eigenvalue weighted by atomic mass is 10.1. The van der Waals surface area contributed by atoms with E-state index in [0.717, 1.165) is 5.56 Å². The lowest BCUT2D eigenvalue weighted by Gasteiger charge is -2.15. The Balaban J connectivity index is 2.45. The highest BCUT2D eigenvalue weighted by molar-refractivity contribution is 6.44. The average molecular weight is 351 g/mol. The van der Waals surface area contributed by atoms with Gasteiger partial charge in [0.25, 0.3) is 0 Å². The van der Waals surface area contributed by atoms with Crippen molar-refractivity contribution in [2.45, 2.75) is 19.8 Å². The second kappa shape index (κ2) is 6.35. The van der Waals surface area contributed by atoms with E-state index in [-0.39, 0.29) is 5.92 Å². The van der Waals surface area contributed by atoms with Crippen LogP contribution in [-0.2, 0) is 0 Å². The van der Waals surface area contributed by atoms with Crippen molar-refractivity contribution < 1.29 is 0 Å². The van der Waals surface area contributed by atoms with Gasteiger partial charge in [0.05, 0.1) is 20.8 Å². The zero-order valence-electron chi connectivity index (χ0n) is 10.7. The first-order valence-electron chi connectivity index (χ1n) is 5.82. The number of anilines is 2. The van der Waals surface area contributed by atoms with Crippen molar-refractivity contribution in [2.75, 3.05) is 5.32 Å². The first-order chi connectivity index (χ1) is 9.40. The van der Waals surface area contributed by atoms with Crippen LogP contribution in [0.3, 0.4) is 0 Å². The lowest BCUT2D eigenvalue weighted by Crippen LogP contribution is -2.03. The standard InChI is InChI=1S/C13H11Cl4N3/c1-6(2)11-12(17)18-5-19-13(11)20-10-4-8(15)7(14)3-9(10)16/h3-6H,1-2H3,(H,18,19,20). The molecule has 0 aliphatic heterocycles. The van der Waals surface area contributed by atoms with E-state index in [0.29, 0.717) is 31.7 Å². The minimum atomic E-state index is 0.160. The highest BCUT2D eigenvalue weighted by Gasteiger charge is 2.15. The number of aromatic nitrogens is 2. The maximum Gasteiger partial charge on any atom is 0.138 e. The third-order valence-electron chi connectivity index (χ3n) is 2.68. The summed E-state index contributed by atoms with van der Waals surface area (Å²) in [5.74, 6) is 0.757. The molecule has 7 heteroatoms. The second-order valence-corrected chi connectivity index (χ2v) is 6.03. The number of halogens is 4. The van der Waals surface area contributed by atoms with Gasteiger partial charge in [-0.2, -0.15) is 0 Å². The molecule has 2 aromatic rings. The van der Waals surface area contributed by atoms with Gasteiger partial charge in [-0.15, -0.1) is 0 Å². The quantitative estimate of drug-likeness (QED) is 0.548. The smallest absolute Gasteiger partial charge is 0.138 e. The van der Waals surface area contributed by atoms with E-state index in [9.17, 15) is 0 Å². The van der Waals surface area contributed by atoms with Gasteiger partial charge in [-0.05, 0) is 18.1 Å². The first kappa shape index (κ1) is 15.6. The van der Waals surface area contributed by atoms with Crippen molar-refractivity contribution in [3.8, 4) is 0 Å². The summed E-state index contributed by atoms with van der Waals surface area (Å²) >= 11 is 24.2. The van der Waals surface area contributed by atoms with Crippen LogP contribution >= 0.6 is 46.4 Å². The number of benzene rings is 1. The van der Waals surface area contributed by atoms with Crippen LogP contribution in [-0.4, -0.2) is 9.97 Å². The van der Waals surface area contributed by atoms with Crippen molar-refractivity contribution in [3.63, 3.8) is 0 Å². The van der Waals surface area contributed by atoms with Crippen molar-refractivity contribution >= 4 is 57.9 Å². The Kier molecular flexibility index (Phi) is 4.97. The van der Waals surface area contributed by atoms with Crippen molar-refractivity contribution in [1.29, 1.82) is 0 Å². The maximum atomic E-state index is 6.14. The summed E-state index contributed by atoms with van der Waals surface area (Å²) in [7, 11) is 0. The van der Waals surface area contributed by atoms with Crippen LogP contribution in [0.2, 0.25) is 20.2 Å². The number of nitrogens with zero attached hydrogens (tertiary/aromatic N) is 2. The molecule has 0 spiro atoms. The minimum absolute atomic E-state index is 0.160. The molecule has 0 aliphatic carbocycles. The van der Waals surface area contributed by atoms with Crippen molar-refractivity contribution in [3.05, 3.63) is 44.2 Å². The fourth-order valence-electron chi connectivity index (χ4n) is 1.73. The molecule has 0 bridgehead atoms. The summed E-state index contributed by atoms with van der Waals surface area (Å²) in [6.07, 6.45) is 1.39. The average Bonchev–Trinajstić information content (AvgIpc) is 2.35. The zero-order valence-corrected chi connectivity index (χ0v) is 13.7. The molecule has 0 aliphatic rings. The van der Waals surface area contributed by atoms with Gasteiger partial charge in [0.1, 0.15) is 17.3 Å². The van der Waals surface area contributed by atoms with Gasteiger partial charge in [0.2, 0.25) is 0 Å². The van der Waals surface area contributed by atoms with Gasteiger partial charge in [-0.1, -0.05) is 60.3 Å². The molecule has 1 N–H and O–H groups in total. The van der Waals surface area contributed by atoms with E-state index < -0.39 is 0 Å². The van der Waals surface area contributed by atoms with E-state index in [4.69, 9.17) is 46.4 Å². The van der Waals surface area contributed by atoms with Crippen LogP contribution in [0.25, 0.3) is 0 Å². The molecule has 0 fully saturated rings. The Morgan fingerprint density at radius 2 is 1.60 bits per heavy atom. The van der Waals surface area contributed by atoms with E-state index in [2.05, 4.69) is 15.3 Å². The third kappa shape index (κ3) is 3.29. The van der Waals surface area contributed by atoms with Crippen LogP contribution in [0.5, 0.6) is 0 Å². The summed E-state index contributed by atoms with van der Waals surface area (Å²) in [5.41, 5.74) is 1.43.